The third kappa shape index (κ3) is 3.36. The fourth-order valence-corrected chi connectivity index (χ4v) is 4.84. The normalized spacial score (nSPS) is 24.3. The SMILES string of the molecule is CSCC(=O)N1C[C@H]2CN(C(=O)c3ccc[nH]3)[C@H](c3cccc(F)c3)[C@H]2C1. The number of nitrogens with one attached hydrogen (secondary N) is 1. The highest BCUT2D eigenvalue weighted by Gasteiger charge is 2.50. The Kier molecular flexibility index (Phi) is 4.95. The number of thioether (sulfide) groups is 1. The Morgan fingerprint density at radius 2 is 2.07 bits per heavy atom. The number of benzene rings is 1. The van der Waals surface area contributed by atoms with Crippen molar-refractivity contribution in [1.82, 2.24) is 14.8 Å². The van der Waals surface area contributed by atoms with Gasteiger partial charge in [0.2, 0.25) is 5.91 Å². The van der Waals surface area contributed by atoms with E-state index >= 15 is 0 Å². The average molecular weight is 387 g/mol. The summed E-state index contributed by atoms with van der Waals surface area (Å²) in [7, 11) is 0. The largest absolute Gasteiger partial charge is 0.357 e. The van der Waals surface area contributed by atoms with Crippen molar-refractivity contribution in [3.8, 4) is 0 Å². The Hall–Kier alpha value is -2.28. The zero-order valence-electron chi connectivity index (χ0n) is 15.1. The summed E-state index contributed by atoms with van der Waals surface area (Å²) in [5.41, 5.74) is 1.33. The molecule has 1 aromatic carbocycles. The molecule has 2 aliphatic heterocycles. The Morgan fingerprint density at radius 1 is 1.22 bits per heavy atom. The molecular formula is C20H22FN3O2S. The van der Waals surface area contributed by atoms with Crippen LogP contribution in [0.5, 0.6) is 0 Å². The lowest BCUT2D eigenvalue weighted by molar-refractivity contribution is -0.127. The average Bonchev–Trinajstić information content (AvgIpc) is 3.37. The highest BCUT2D eigenvalue weighted by Crippen LogP contribution is 2.45. The molecule has 7 heteroatoms. The second-order valence-electron chi connectivity index (χ2n) is 7.20. The lowest BCUT2D eigenvalue weighted by atomic mass is 9.89. The molecular weight excluding hydrogens is 365 g/mol. The summed E-state index contributed by atoms with van der Waals surface area (Å²) < 4.78 is 13.9. The number of halogens is 1. The first-order chi connectivity index (χ1) is 13.1. The highest BCUT2D eigenvalue weighted by atomic mass is 32.2. The summed E-state index contributed by atoms with van der Waals surface area (Å²) in [6.45, 7) is 1.84. The second kappa shape index (κ2) is 7.38. The van der Waals surface area contributed by atoms with E-state index in [0.717, 1.165) is 5.56 Å². The molecule has 2 amide bonds. The predicted molar refractivity (Wildman–Crippen MR) is 103 cm³/mol. The first-order valence-corrected chi connectivity index (χ1v) is 10.4. The zero-order valence-corrected chi connectivity index (χ0v) is 15.9. The van der Waals surface area contributed by atoms with Gasteiger partial charge in [0.05, 0.1) is 11.8 Å². The van der Waals surface area contributed by atoms with Crippen molar-refractivity contribution < 1.29 is 14.0 Å². The van der Waals surface area contributed by atoms with Crippen molar-refractivity contribution in [3.05, 3.63) is 59.7 Å². The third-order valence-corrected chi connectivity index (χ3v) is 6.10. The molecule has 2 aliphatic rings. The maximum absolute atomic E-state index is 13.9. The predicted octanol–water partition coefficient (Wildman–Crippen LogP) is 2.79. The van der Waals surface area contributed by atoms with Crippen molar-refractivity contribution in [2.45, 2.75) is 6.04 Å². The summed E-state index contributed by atoms with van der Waals surface area (Å²) in [5.74, 6) is 0.550. The van der Waals surface area contributed by atoms with E-state index in [2.05, 4.69) is 4.98 Å². The van der Waals surface area contributed by atoms with Crippen molar-refractivity contribution >= 4 is 23.6 Å². The topological polar surface area (TPSA) is 56.4 Å². The van der Waals surface area contributed by atoms with Gasteiger partial charge in [-0.1, -0.05) is 12.1 Å². The van der Waals surface area contributed by atoms with E-state index in [0.29, 0.717) is 31.1 Å². The van der Waals surface area contributed by atoms with Crippen LogP contribution in [-0.4, -0.2) is 58.2 Å². The smallest absolute Gasteiger partial charge is 0.270 e. The summed E-state index contributed by atoms with van der Waals surface area (Å²) in [6, 6.07) is 9.80. The standard InChI is InChI=1S/C20H22FN3O2S/c1-27-12-18(25)23-9-14-10-24(20(26)17-6-3-7-22-17)19(16(14)11-23)13-4-2-5-15(21)8-13/h2-8,14,16,19,22H,9-12H2,1H3/t14-,16-,19+/m0/s1. The van der Waals surface area contributed by atoms with Gasteiger partial charge in [0.15, 0.2) is 0 Å². The molecule has 3 heterocycles. The van der Waals surface area contributed by atoms with E-state index in [-0.39, 0.29) is 35.5 Å². The monoisotopic (exact) mass is 387 g/mol. The number of aromatic nitrogens is 1. The molecule has 4 rings (SSSR count). The second-order valence-corrected chi connectivity index (χ2v) is 8.06. The number of amides is 2. The first kappa shape index (κ1) is 18.1. The lowest BCUT2D eigenvalue weighted by Crippen LogP contribution is -2.38. The van der Waals surface area contributed by atoms with E-state index in [1.807, 2.05) is 22.1 Å². The number of H-pyrrole nitrogens is 1. The van der Waals surface area contributed by atoms with Crippen molar-refractivity contribution in [2.24, 2.45) is 11.8 Å². The van der Waals surface area contributed by atoms with Crippen LogP contribution in [0.2, 0.25) is 0 Å². The van der Waals surface area contributed by atoms with Gasteiger partial charge in [-0.05, 0) is 36.1 Å². The van der Waals surface area contributed by atoms with Crippen molar-refractivity contribution in [2.75, 3.05) is 31.6 Å². The minimum Gasteiger partial charge on any atom is -0.357 e. The van der Waals surface area contributed by atoms with Crippen LogP contribution in [0.15, 0.2) is 42.6 Å². The number of carbonyl (C=O) groups is 2. The summed E-state index contributed by atoms with van der Waals surface area (Å²) >= 11 is 1.52. The highest BCUT2D eigenvalue weighted by molar-refractivity contribution is 7.99. The van der Waals surface area contributed by atoms with Crippen LogP contribution in [0.25, 0.3) is 0 Å². The fourth-order valence-electron chi connectivity index (χ4n) is 4.41. The number of likely N-dealkylation sites (tertiary alicyclic amines) is 2. The fraction of sp³-hybridized carbons (Fsp3) is 0.400. The number of rotatable bonds is 4. The van der Waals surface area contributed by atoms with E-state index in [1.54, 1.807) is 24.4 Å². The van der Waals surface area contributed by atoms with Gasteiger partial charge in [0.1, 0.15) is 11.5 Å². The number of hydrogen-bond acceptors (Lipinski definition) is 3. The maximum atomic E-state index is 13.9. The molecule has 142 valence electrons. The minimum absolute atomic E-state index is 0.0781. The molecule has 2 saturated heterocycles. The third-order valence-electron chi connectivity index (χ3n) is 5.56. The summed E-state index contributed by atoms with van der Waals surface area (Å²) in [4.78, 5) is 32.1. The van der Waals surface area contributed by atoms with Crippen LogP contribution >= 0.6 is 11.8 Å². The molecule has 5 nitrogen and oxygen atoms in total. The summed E-state index contributed by atoms with van der Waals surface area (Å²) in [5, 5.41) is 0. The first-order valence-electron chi connectivity index (χ1n) is 9.05. The van der Waals surface area contributed by atoms with Gasteiger partial charge >= 0.3 is 0 Å². The van der Waals surface area contributed by atoms with Gasteiger partial charge in [-0.25, -0.2) is 4.39 Å². The number of hydrogen-bond donors (Lipinski definition) is 1. The van der Waals surface area contributed by atoms with E-state index in [1.165, 1.54) is 23.9 Å². The minimum atomic E-state index is -0.309. The Labute approximate surface area is 161 Å². The van der Waals surface area contributed by atoms with Gasteiger partial charge in [-0.15, -0.1) is 0 Å². The maximum Gasteiger partial charge on any atom is 0.270 e. The Morgan fingerprint density at radius 3 is 2.78 bits per heavy atom. The van der Waals surface area contributed by atoms with Crippen molar-refractivity contribution in [3.63, 3.8) is 0 Å². The molecule has 3 atom stereocenters. The van der Waals surface area contributed by atoms with Gasteiger partial charge in [0, 0.05) is 37.7 Å². The van der Waals surface area contributed by atoms with Crippen LogP contribution in [0, 0.1) is 17.7 Å². The number of nitrogens with zero attached hydrogens (tertiary/aromatic N) is 2. The van der Waals surface area contributed by atoms with Gasteiger partial charge in [0.25, 0.3) is 5.91 Å². The number of carbonyl (C=O) groups excluding carboxylic acids is 2. The molecule has 2 fully saturated rings. The van der Waals surface area contributed by atoms with Crippen LogP contribution in [0.4, 0.5) is 4.39 Å². The zero-order chi connectivity index (χ0) is 19.0. The number of aromatic amines is 1. The van der Waals surface area contributed by atoms with Crippen molar-refractivity contribution in [1.29, 1.82) is 0 Å². The van der Waals surface area contributed by atoms with Gasteiger partial charge in [-0.3, -0.25) is 9.59 Å². The van der Waals surface area contributed by atoms with Crippen LogP contribution in [-0.2, 0) is 4.79 Å². The molecule has 1 N–H and O–H groups in total. The molecule has 0 bridgehead atoms. The molecule has 0 radical (unpaired) electrons. The quantitative estimate of drug-likeness (QED) is 0.878. The molecule has 0 aliphatic carbocycles. The van der Waals surface area contributed by atoms with E-state index in [4.69, 9.17) is 0 Å². The van der Waals surface area contributed by atoms with Crippen LogP contribution in [0.1, 0.15) is 22.1 Å². The Bertz CT molecular complexity index is 842. The van der Waals surface area contributed by atoms with E-state index < -0.39 is 0 Å². The Balaban J connectivity index is 1.64. The molecule has 0 unspecified atom stereocenters. The van der Waals surface area contributed by atoms with Crippen LogP contribution in [0.3, 0.4) is 0 Å². The van der Waals surface area contributed by atoms with Gasteiger partial charge in [-0.2, -0.15) is 11.8 Å². The van der Waals surface area contributed by atoms with Gasteiger partial charge < -0.3 is 14.8 Å². The molecule has 1 aromatic heterocycles. The molecule has 2 aromatic rings. The summed E-state index contributed by atoms with van der Waals surface area (Å²) in [6.07, 6.45) is 3.64. The van der Waals surface area contributed by atoms with Crippen LogP contribution < -0.4 is 0 Å². The lowest BCUT2D eigenvalue weighted by Gasteiger charge is -2.29. The van der Waals surface area contributed by atoms with E-state index in [9.17, 15) is 14.0 Å². The molecule has 0 saturated carbocycles. The molecule has 0 spiro atoms. The number of fused-ring (bicyclic) bond motifs is 1. The molecule has 27 heavy (non-hydrogen) atoms.